The predicted octanol–water partition coefficient (Wildman–Crippen LogP) is 2.35. The highest BCUT2D eigenvalue weighted by Gasteiger charge is 2.02. The van der Waals surface area contributed by atoms with Gasteiger partial charge in [0.2, 0.25) is 5.91 Å². The summed E-state index contributed by atoms with van der Waals surface area (Å²) in [5, 5.41) is 11.6. The molecule has 0 radical (unpaired) electrons. The van der Waals surface area contributed by atoms with Gasteiger partial charge in [-0.15, -0.1) is 0 Å². The number of hydrogen-bond acceptors (Lipinski definition) is 3. The van der Waals surface area contributed by atoms with Crippen molar-refractivity contribution in [2.45, 2.75) is 38.5 Å². The Kier molecular flexibility index (Phi) is 8.51. The topological polar surface area (TPSA) is 52.6 Å². The standard InChI is InChI=1S/C17H28N2O2/c1-19(2)16-10-7-15(8-11-16)9-12-17(21)18-13-5-3-4-6-14-20/h7-8,10-11,20H,3-6,9,12-14H2,1-2H3,(H,18,21). The summed E-state index contributed by atoms with van der Waals surface area (Å²) in [7, 11) is 4.03. The molecule has 4 heteroatoms. The van der Waals surface area contributed by atoms with E-state index in [2.05, 4.69) is 34.5 Å². The average molecular weight is 292 g/mol. The van der Waals surface area contributed by atoms with Crippen LogP contribution in [-0.2, 0) is 11.2 Å². The van der Waals surface area contributed by atoms with Crippen LogP contribution in [0.2, 0.25) is 0 Å². The van der Waals surface area contributed by atoms with Gasteiger partial charge in [0.15, 0.2) is 0 Å². The van der Waals surface area contributed by atoms with Crippen LogP contribution in [0, 0.1) is 0 Å². The lowest BCUT2D eigenvalue weighted by Crippen LogP contribution is -2.24. The second-order valence-electron chi connectivity index (χ2n) is 5.55. The quantitative estimate of drug-likeness (QED) is 0.651. The molecule has 1 amide bonds. The van der Waals surface area contributed by atoms with Crippen LogP contribution in [0.4, 0.5) is 5.69 Å². The fraction of sp³-hybridized carbons (Fsp3) is 0.588. The lowest BCUT2D eigenvalue weighted by Gasteiger charge is -2.12. The maximum atomic E-state index is 11.7. The minimum Gasteiger partial charge on any atom is -0.396 e. The van der Waals surface area contributed by atoms with Crippen molar-refractivity contribution in [1.82, 2.24) is 5.32 Å². The average Bonchev–Trinajstić information content (AvgIpc) is 2.49. The Morgan fingerprint density at radius 3 is 2.38 bits per heavy atom. The van der Waals surface area contributed by atoms with Gasteiger partial charge in [-0.3, -0.25) is 4.79 Å². The van der Waals surface area contributed by atoms with Crippen molar-refractivity contribution in [2.75, 3.05) is 32.1 Å². The summed E-state index contributed by atoms with van der Waals surface area (Å²) >= 11 is 0. The van der Waals surface area contributed by atoms with Crippen LogP contribution in [-0.4, -0.2) is 38.3 Å². The van der Waals surface area contributed by atoms with Crippen molar-refractivity contribution >= 4 is 11.6 Å². The third-order valence-electron chi connectivity index (χ3n) is 3.50. The SMILES string of the molecule is CN(C)c1ccc(CCC(=O)NCCCCCCO)cc1. The zero-order valence-electron chi connectivity index (χ0n) is 13.3. The number of hydrogen-bond donors (Lipinski definition) is 2. The monoisotopic (exact) mass is 292 g/mol. The van der Waals surface area contributed by atoms with Crippen LogP contribution in [0.5, 0.6) is 0 Å². The molecule has 118 valence electrons. The number of nitrogens with zero attached hydrogens (tertiary/aromatic N) is 1. The highest BCUT2D eigenvalue weighted by Crippen LogP contribution is 2.13. The van der Waals surface area contributed by atoms with Crippen LogP contribution >= 0.6 is 0 Å². The Hall–Kier alpha value is -1.55. The van der Waals surface area contributed by atoms with Gasteiger partial charge in [0, 0.05) is 39.4 Å². The van der Waals surface area contributed by atoms with Crippen molar-refractivity contribution in [1.29, 1.82) is 0 Å². The van der Waals surface area contributed by atoms with E-state index in [0.29, 0.717) is 6.42 Å². The first kappa shape index (κ1) is 17.5. The number of carbonyl (C=O) groups is 1. The molecule has 1 aromatic carbocycles. The number of amides is 1. The summed E-state index contributed by atoms with van der Waals surface area (Å²) < 4.78 is 0. The van der Waals surface area contributed by atoms with Gasteiger partial charge in [0.05, 0.1) is 0 Å². The second kappa shape index (κ2) is 10.2. The van der Waals surface area contributed by atoms with E-state index < -0.39 is 0 Å². The lowest BCUT2D eigenvalue weighted by atomic mass is 10.1. The second-order valence-corrected chi connectivity index (χ2v) is 5.55. The lowest BCUT2D eigenvalue weighted by molar-refractivity contribution is -0.121. The molecule has 0 bridgehead atoms. The number of nitrogens with one attached hydrogen (secondary N) is 1. The summed E-state index contributed by atoms with van der Waals surface area (Å²) in [6.07, 6.45) is 5.26. The zero-order chi connectivity index (χ0) is 15.5. The van der Waals surface area contributed by atoms with Gasteiger partial charge in [0.25, 0.3) is 0 Å². The van der Waals surface area contributed by atoms with Crippen molar-refractivity contribution < 1.29 is 9.90 Å². The Labute approximate surface area is 128 Å². The van der Waals surface area contributed by atoms with E-state index in [-0.39, 0.29) is 12.5 Å². The third kappa shape index (κ3) is 7.71. The smallest absolute Gasteiger partial charge is 0.220 e. The summed E-state index contributed by atoms with van der Waals surface area (Å²) in [5.74, 6) is 0.119. The molecule has 0 spiro atoms. The number of aryl methyl sites for hydroxylation is 1. The first-order chi connectivity index (χ1) is 10.1. The van der Waals surface area contributed by atoms with E-state index >= 15 is 0 Å². The molecule has 0 fully saturated rings. The number of rotatable bonds is 10. The molecule has 0 saturated heterocycles. The van der Waals surface area contributed by atoms with Crippen molar-refractivity contribution in [2.24, 2.45) is 0 Å². The van der Waals surface area contributed by atoms with Gasteiger partial charge >= 0.3 is 0 Å². The number of aliphatic hydroxyl groups is 1. The molecule has 0 aromatic heterocycles. The summed E-state index contributed by atoms with van der Waals surface area (Å²) in [5.41, 5.74) is 2.37. The van der Waals surface area contributed by atoms with Gasteiger partial charge in [-0.05, 0) is 37.0 Å². The zero-order valence-corrected chi connectivity index (χ0v) is 13.3. The minimum atomic E-state index is 0.119. The molecule has 0 aliphatic heterocycles. The highest BCUT2D eigenvalue weighted by molar-refractivity contribution is 5.76. The fourth-order valence-electron chi connectivity index (χ4n) is 2.13. The van der Waals surface area contributed by atoms with E-state index in [9.17, 15) is 4.79 Å². The van der Waals surface area contributed by atoms with E-state index in [1.807, 2.05) is 14.1 Å². The number of benzene rings is 1. The molecule has 0 aliphatic rings. The van der Waals surface area contributed by atoms with E-state index in [4.69, 9.17) is 5.11 Å². The van der Waals surface area contributed by atoms with Gasteiger partial charge in [0.1, 0.15) is 0 Å². The minimum absolute atomic E-state index is 0.119. The molecule has 4 nitrogen and oxygen atoms in total. The van der Waals surface area contributed by atoms with Gasteiger partial charge in [-0.1, -0.05) is 25.0 Å². The number of carbonyl (C=O) groups excluding carboxylic acids is 1. The van der Waals surface area contributed by atoms with Gasteiger partial charge < -0.3 is 15.3 Å². The first-order valence-corrected chi connectivity index (χ1v) is 7.77. The van der Waals surface area contributed by atoms with Crippen molar-refractivity contribution in [3.8, 4) is 0 Å². The van der Waals surface area contributed by atoms with E-state index in [0.717, 1.165) is 38.6 Å². The molecule has 1 aromatic rings. The predicted molar refractivity (Wildman–Crippen MR) is 87.7 cm³/mol. The molecule has 0 unspecified atom stereocenters. The Morgan fingerprint density at radius 2 is 1.76 bits per heavy atom. The van der Waals surface area contributed by atoms with Crippen LogP contribution < -0.4 is 10.2 Å². The molecule has 0 heterocycles. The summed E-state index contributed by atoms with van der Waals surface area (Å²) in [6, 6.07) is 8.32. The number of aliphatic hydroxyl groups excluding tert-OH is 1. The fourth-order valence-corrected chi connectivity index (χ4v) is 2.13. The summed E-state index contributed by atoms with van der Waals surface area (Å²) in [4.78, 5) is 13.8. The van der Waals surface area contributed by atoms with Crippen molar-refractivity contribution in [3.05, 3.63) is 29.8 Å². The van der Waals surface area contributed by atoms with Crippen LogP contribution in [0.3, 0.4) is 0 Å². The molecule has 21 heavy (non-hydrogen) atoms. The molecule has 0 saturated carbocycles. The van der Waals surface area contributed by atoms with Gasteiger partial charge in [-0.2, -0.15) is 0 Å². The van der Waals surface area contributed by atoms with Crippen molar-refractivity contribution in [3.63, 3.8) is 0 Å². The Morgan fingerprint density at radius 1 is 1.10 bits per heavy atom. The molecule has 2 N–H and O–H groups in total. The molecular formula is C17H28N2O2. The third-order valence-corrected chi connectivity index (χ3v) is 3.50. The maximum Gasteiger partial charge on any atom is 0.220 e. The molecular weight excluding hydrogens is 264 g/mol. The van der Waals surface area contributed by atoms with E-state index in [1.165, 1.54) is 11.3 Å². The molecule has 0 atom stereocenters. The summed E-state index contributed by atoms with van der Waals surface area (Å²) in [6.45, 7) is 1.00. The van der Waals surface area contributed by atoms with Crippen LogP contribution in [0.1, 0.15) is 37.7 Å². The van der Waals surface area contributed by atoms with Crippen LogP contribution in [0.15, 0.2) is 24.3 Å². The van der Waals surface area contributed by atoms with Gasteiger partial charge in [-0.25, -0.2) is 0 Å². The maximum absolute atomic E-state index is 11.7. The molecule has 1 rings (SSSR count). The highest BCUT2D eigenvalue weighted by atomic mass is 16.2. The Balaban J connectivity index is 2.15. The first-order valence-electron chi connectivity index (χ1n) is 7.77. The molecule has 0 aliphatic carbocycles. The Bertz CT molecular complexity index is 402. The number of unbranched alkanes of at least 4 members (excludes halogenated alkanes) is 3. The van der Waals surface area contributed by atoms with E-state index in [1.54, 1.807) is 0 Å². The largest absolute Gasteiger partial charge is 0.396 e. The normalized spacial score (nSPS) is 10.4. The van der Waals surface area contributed by atoms with Crippen LogP contribution in [0.25, 0.3) is 0 Å². The number of anilines is 1.